The third kappa shape index (κ3) is 5.50. The number of hydrogen-bond donors (Lipinski definition) is 1. The number of amides is 1. The van der Waals surface area contributed by atoms with Gasteiger partial charge in [0.15, 0.2) is 0 Å². The van der Waals surface area contributed by atoms with Crippen LogP contribution in [0.4, 0.5) is 5.69 Å². The quantitative estimate of drug-likeness (QED) is 0.737. The highest BCUT2D eigenvalue weighted by Crippen LogP contribution is 2.26. The van der Waals surface area contributed by atoms with Gasteiger partial charge in [0.05, 0.1) is 11.0 Å². The van der Waals surface area contributed by atoms with Gasteiger partial charge in [-0.15, -0.1) is 0 Å². The molecule has 3 rings (SSSR count). The largest absolute Gasteiger partial charge is 0.491 e. The molecule has 2 aromatic carbocycles. The lowest BCUT2D eigenvalue weighted by molar-refractivity contribution is -0.120. The van der Waals surface area contributed by atoms with Crippen molar-refractivity contribution < 1.29 is 17.9 Å². The van der Waals surface area contributed by atoms with Crippen LogP contribution in [-0.2, 0) is 14.8 Å². The maximum Gasteiger partial charge on any atom is 0.243 e. The van der Waals surface area contributed by atoms with Crippen LogP contribution in [0.15, 0.2) is 53.4 Å². The molecular weight excluding hydrogens is 412 g/mol. The molecule has 8 heteroatoms. The van der Waals surface area contributed by atoms with Crippen LogP contribution in [0.1, 0.15) is 26.7 Å². The molecule has 0 aliphatic carbocycles. The van der Waals surface area contributed by atoms with E-state index in [4.69, 9.17) is 16.3 Å². The van der Waals surface area contributed by atoms with Crippen LogP contribution in [0, 0.1) is 5.92 Å². The van der Waals surface area contributed by atoms with Gasteiger partial charge >= 0.3 is 0 Å². The minimum Gasteiger partial charge on any atom is -0.491 e. The number of nitrogens with zero attached hydrogens (tertiary/aromatic N) is 1. The Morgan fingerprint density at radius 3 is 2.41 bits per heavy atom. The molecule has 1 saturated heterocycles. The van der Waals surface area contributed by atoms with E-state index in [1.54, 1.807) is 18.2 Å². The van der Waals surface area contributed by atoms with Crippen molar-refractivity contribution >= 4 is 33.2 Å². The van der Waals surface area contributed by atoms with Crippen molar-refractivity contribution in [3.05, 3.63) is 53.6 Å². The summed E-state index contributed by atoms with van der Waals surface area (Å²) in [7, 11) is -3.58. The zero-order valence-electron chi connectivity index (χ0n) is 16.5. The van der Waals surface area contributed by atoms with E-state index in [-0.39, 0.29) is 22.8 Å². The molecule has 1 heterocycles. The van der Waals surface area contributed by atoms with Gasteiger partial charge in [-0.2, -0.15) is 4.31 Å². The number of benzene rings is 2. The van der Waals surface area contributed by atoms with Gasteiger partial charge in [0.2, 0.25) is 15.9 Å². The highest BCUT2D eigenvalue weighted by molar-refractivity contribution is 7.89. The van der Waals surface area contributed by atoms with Crippen molar-refractivity contribution in [3.8, 4) is 5.75 Å². The molecule has 1 fully saturated rings. The van der Waals surface area contributed by atoms with Gasteiger partial charge in [-0.05, 0) is 63.1 Å². The van der Waals surface area contributed by atoms with E-state index < -0.39 is 10.0 Å². The lowest BCUT2D eigenvalue weighted by atomic mass is 9.97. The highest BCUT2D eigenvalue weighted by atomic mass is 35.5. The van der Waals surface area contributed by atoms with E-state index in [1.165, 1.54) is 16.4 Å². The van der Waals surface area contributed by atoms with Gasteiger partial charge in [0.25, 0.3) is 0 Å². The van der Waals surface area contributed by atoms with Gasteiger partial charge in [-0.1, -0.05) is 17.7 Å². The van der Waals surface area contributed by atoms with Crippen LogP contribution in [0.3, 0.4) is 0 Å². The van der Waals surface area contributed by atoms with E-state index in [9.17, 15) is 13.2 Å². The predicted octanol–water partition coefficient (Wildman–Crippen LogP) is 4.17. The number of hydrogen-bond acceptors (Lipinski definition) is 4. The standard InChI is InChI=1S/C21H25ClN2O4S/c1-15(2)28-19-5-3-4-18(14-19)23-21(25)16-10-12-24(13-11-16)29(26,27)20-8-6-17(22)7-9-20/h3-9,14-16H,10-13H2,1-2H3,(H,23,25). The first kappa shape index (κ1) is 21.6. The fourth-order valence-corrected chi connectivity index (χ4v) is 4.87. The predicted molar refractivity (Wildman–Crippen MR) is 114 cm³/mol. The summed E-state index contributed by atoms with van der Waals surface area (Å²) < 4.78 is 32.6. The normalized spacial score (nSPS) is 16.0. The second-order valence-corrected chi connectivity index (χ2v) is 9.69. The zero-order valence-corrected chi connectivity index (χ0v) is 18.0. The Morgan fingerprint density at radius 1 is 1.14 bits per heavy atom. The first-order valence-corrected chi connectivity index (χ1v) is 11.4. The minimum atomic E-state index is -3.58. The minimum absolute atomic E-state index is 0.0490. The van der Waals surface area contributed by atoms with Gasteiger partial charge in [-0.3, -0.25) is 4.79 Å². The number of carbonyl (C=O) groups is 1. The van der Waals surface area contributed by atoms with Crippen LogP contribution >= 0.6 is 11.6 Å². The number of rotatable bonds is 6. The van der Waals surface area contributed by atoms with E-state index in [2.05, 4.69) is 5.32 Å². The summed E-state index contributed by atoms with van der Waals surface area (Å²) >= 11 is 5.84. The van der Waals surface area contributed by atoms with Crippen molar-refractivity contribution in [3.63, 3.8) is 0 Å². The van der Waals surface area contributed by atoms with Crippen LogP contribution < -0.4 is 10.1 Å². The van der Waals surface area contributed by atoms with Crippen LogP contribution in [-0.4, -0.2) is 37.8 Å². The van der Waals surface area contributed by atoms with Crippen molar-refractivity contribution in [1.82, 2.24) is 4.31 Å². The Bertz CT molecular complexity index is 953. The molecule has 0 atom stereocenters. The second kappa shape index (κ2) is 9.15. The fourth-order valence-electron chi connectivity index (χ4n) is 3.28. The number of sulfonamides is 1. The lowest BCUT2D eigenvalue weighted by Gasteiger charge is -2.30. The molecular formula is C21H25ClN2O4S. The molecule has 0 unspecified atom stereocenters. The summed E-state index contributed by atoms with van der Waals surface area (Å²) in [4.78, 5) is 12.8. The lowest BCUT2D eigenvalue weighted by Crippen LogP contribution is -2.41. The first-order chi connectivity index (χ1) is 13.8. The van der Waals surface area contributed by atoms with Crippen molar-refractivity contribution in [1.29, 1.82) is 0 Å². The number of nitrogens with one attached hydrogen (secondary N) is 1. The Hall–Kier alpha value is -2.09. The van der Waals surface area contributed by atoms with Gasteiger partial charge in [0.1, 0.15) is 5.75 Å². The van der Waals surface area contributed by atoms with E-state index >= 15 is 0 Å². The summed E-state index contributed by atoms with van der Waals surface area (Å²) in [5.41, 5.74) is 0.671. The summed E-state index contributed by atoms with van der Waals surface area (Å²) in [5.74, 6) is 0.359. The highest BCUT2D eigenvalue weighted by Gasteiger charge is 2.32. The fraction of sp³-hybridized carbons (Fsp3) is 0.381. The maximum absolute atomic E-state index is 12.8. The molecule has 0 aromatic heterocycles. The summed E-state index contributed by atoms with van der Waals surface area (Å²) in [6, 6.07) is 13.4. The molecule has 1 amide bonds. The third-order valence-corrected chi connectivity index (χ3v) is 6.91. The Kier molecular flexibility index (Phi) is 6.82. The molecule has 1 aliphatic heterocycles. The number of halogens is 1. The Labute approximate surface area is 176 Å². The molecule has 2 aromatic rings. The molecule has 29 heavy (non-hydrogen) atoms. The van der Waals surface area contributed by atoms with Crippen molar-refractivity contribution in [2.24, 2.45) is 5.92 Å². The molecule has 0 radical (unpaired) electrons. The van der Waals surface area contributed by atoms with Crippen molar-refractivity contribution in [2.45, 2.75) is 37.7 Å². The SMILES string of the molecule is CC(C)Oc1cccc(NC(=O)C2CCN(S(=O)(=O)c3ccc(Cl)cc3)CC2)c1. The molecule has 6 nitrogen and oxygen atoms in total. The first-order valence-electron chi connectivity index (χ1n) is 9.59. The Morgan fingerprint density at radius 2 is 1.79 bits per heavy atom. The second-order valence-electron chi connectivity index (χ2n) is 7.32. The smallest absolute Gasteiger partial charge is 0.243 e. The topological polar surface area (TPSA) is 75.7 Å². The molecule has 156 valence electrons. The van der Waals surface area contributed by atoms with Crippen molar-refractivity contribution in [2.75, 3.05) is 18.4 Å². The van der Waals surface area contributed by atoms with E-state index in [0.29, 0.717) is 42.4 Å². The monoisotopic (exact) mass is 436 g/mol. The molecule has 1 aliphatic rings. The Balaban J connectivity index is 1.59. The van der Waals surface area contributed by atoms with E-state index in [0.717, 1.165) is 0 Å². The maximum atomic E-state index is 12.8. The molecule has 1 N–H and O–H groups in total. The molecule has 0 spiro atoms. The van der Waals surface area contributed by atoms with Crippen LogP contribution in [0.2, 0.25) is 5.02 Å². The zero-order chi connectivity index (χ0) is 21.0. The summed E-state index contributed by atoms with van der Waals surface area (Å²) in [5, 5.41) is 3.40. The summed E-state index contributed by atoms with van der Waals surface area (Å²) in [6.45, 7) is 4.49. The molecule has 0 bridgehead atoms. The number of carbonyl (C=O) groups excluding carboxylic acids is 1. The van der Waals surface area contributed by atoms with Gasteiger partial charge < -0.3 is 10.1 Å². The molecule has 0 saturated carbocycles. The van der Waals surface area contributed by atoms with Gasteiger partial charge in [0, 0.05) is 35.8 Å². The third-order valence-electron chi connectivity index (χ3n) is 4.75. The van der Waals surface area contributed by atoms with Gasteiger partial charge in [-0.25, -0.2) is 8.42 Å². The number of piperidine rings is 1. The van der Waals surface area contributed by atoms with Crippen LogP contribution in [0.5, 0.6) is 5.75 Å². The summed E-state index contributed by atoms with van der Waals surface area (Å²) in [6.07, 6.45) is 0.995. The van der Waals surface area contributed by atoms with E-state index in [1.807, 2.05) is 32.0 Å². The van der Waals surface area contributed by atoms with Crippen LogP contribution in [0.25, 0.3) is 0 Å². The number of ether oxygens (including phenoxy) is 1. The average molecular weight is 437 g/mol. The number of anilines is 1. The average Bonchev–Trinajstić information content (AvgIpc) is 2.68.